The Balaban J connectivity index is 1.31. The van der Waals surface area contributed by atoms with Crippen LogP contribution in [0.25, 0.3) is 33.8 Å². The number of nitrogens with zero attached hydrogens (tertiary/aromatic N) is 1. The first kappa shape index (κ1) is 25.7. The molecule has 7 rings (SSSR count). The van der Waals surface area contributed by atoms with E-state index in [0.717, 1.165) is 56.2 Å². The van der Waals surface area contributed by atoms with Gasteiger partial charge in [0.1, 0.15) is 17.2 Å². The molecule has 4 aromatic carbocycles. The minimum absolute atomic E-state index is 0.0139. The lowest BCUT2D eigenvalue weighted by Crippen LogP contribution is -2.50. The number of hydrogen-bond donors (Lipinski definition) is 0. The number of allylic oxidation sites excluding steroid dienone is 7. The van der Waals surface area contributed by atoms with Crippen LogP contribution in [-0.2, 0) is 0 Å². The van der Waals surface area contributed by atoms with Gasteiger partial charge < -0.3 is 14.0 Å². The Morgan fingerprint density at radius 2 is 1.43 bits per heavy atom. The molecule has 0 N–H and O–H groups in total. The summed E-state index contributed by atoms with van der Waals surface area (Å²) in [6, 6.07) is 29.9. The number of hydrogen-bond acceptors (Lipinski definition) is 2. The van der Waals surface area contributed by atoms with Crippen molar-refractivity contribution in [1.29, 1.82) is 0 Å². The van der Waals surface area contributed by atoms with Crippen LogP contribution < -0.4 is 20.4 Å². The number of rotatable bonds is 6. The number of benzene rings is 4. The van der Waals surface area contributed by atoms with Gasteiger partial charge in [-0.2, -0.15) is 0 Å². The fourth-order valence-electron chi connectivity index (χ4n) is 6.35. The monoisotopic (exact) mass is 543 g/mol. The molecule has 0 amide bonds. The summed E-state index contributed by atoms with van der Waals surface area (Å²) in [5.74, 6) is 3.46. The molecule has 1 aromatic heterocycles. The van der Waals surface area contributed by atoms with Crippen LogP contribution in [0.5, 0.6) is 17.2 Å². The molecule has 0 saturated heterocycles. The first-order valence-electron chi connectivity index (χ1n) is 14.2. The molecule has 3 heterocycles. The van der Waals surface area contributed by atoms with E-state index in [1.165, 1.54) is 22.2 Å². The Bertz CT molecular complexity index is 1990. The molecule has 42 heavy (non-hydrogen) atoms. The lowest BCUT2D eigenvalue weighted by molar-refractivity contribution is 0.419. The van der Waals surface area contributed by atoms with Crippen molar-refractivity contribution in [3.05, 3.63) is 151 Å². The third-order valence-corrected chi connectivity index (χ3v) is 8.27. The highest BCUT2D eigenvalue weighted by Crippen LogP contribution is 2.37. The predicted octanol–water partition coefficient (Wildman–Crippen LogP) is 8.47. The van der Waals surface area contributed by atoms with Gasteiger partial charge in [-0.1, -0.05) is 98.1 Å². The molecule has 3 nitrogen and oxygen atoms in total. The normalized spacial score (nSPS) is 13.7. The zero-order valence-corrected chi connectivity index (χ0v) is 23.8. The second kappa shape index (κ2) is 10.3. The Labute approximate surface area is 247 Å². The first-order valence-corrected chi connectivity index (χ1v) is 14.2. The van der Waals surface area contributed by atoms with E-state index >= 15 is 0 Å². The first-order chi connectivity index (χ1) is 20.6. The van der Waals surface area contributed by atoms with Gasteiger partial charge in [-0.05, 0) is 72.3 Å². The zero-order valence-electron chi connectivity index (χ0n) is 23.8. The van der Waals surface area contributed by atoms with Crippen molar-refractivity contribution in [3.63, 3.8) is 0 Å². The number of ether oxygens (including phenoxy) is 2. The van der Waals surface area contributed by atoms with Gasteiger partial charge in [-0.3, -0.25) is 0 Å². The fourth-order valence-corrected chi connectivity index (χ4v) is 6.35. The van der Waals surface area contributed by atoms with Crippen LogP contribution in [0.2, 0.25) is 0 Å². The van der Waals surface area contributed by atoms with Crippen molar-refractivity contribution in [2.75, 3.05) is 0 Å². The Morgan fingerprint density at radius 1 is 0.714 bits per heavy atom. The van der Waals surface area contributed by atoms with Crippen LogP contribution in [-0.4, -0.2) is 11.3 Å². The van der Waals surface area contributed by atoms with Gasteiger partial charge >= 0.3 is 0 Å². The molecule has 4 heteroatoms. The molecule has 0 bridgehead atoms. The summed E-state index contributed by atoms with van der Waals surface area (Å²) in [4.78, 5) is 0. The molecule has 0 unspecified atom stereocenters. The molecule has 2 aliphatic rings. The van der Waals surface area contributed by atoms with Gasteiger partial charge in [0, 0.05) is 27.8 Å². The third kappa shape index (κ3) is 4.07. The van der Waals surface area contributed by atoms with E-state index < -0.39 is 0 Å². The molecule has 2 aliphatic heterocycles. The SMILES string of the molecule is C=C/C=C\C1=C(C)Oc2cccc3c2B1c1cc(-c2ccc(-n4c(C)c(/C=C\C=C)c5ccccc54)cc2)ccc1O3. The molecule has 0 spiro atoms. The summed E-state index contributed by atoms with van der Waals surface area (Å²) in [5.41, 5.74) is 10.3. The number of fused-ring (bicyclic) bond motifs is 3. The Hall–Kier alpha value is -5.22. The minimum atomic E-state index is 0.0139. The van der Waals surface area contributed by atoms with E-state index in [-0.39, 0.29) is 6.71 Å². The fraction of sp³-hybridized carbons (Fsp3) is 0.0526. The number of aromatic nitrogens is 1. The number of para-hydroxylation sites is 1. The van der Waals surface area contributed by atoms with Crippen molar-refractivity contribution in [3.8, 4) is 34.1 Å². The topological polar surface area (TPSA) is 23.4 Å². The maximum absolute atomic E-state index is 6.40. The molecular formula is C38H30BNO2. The molecule has 0 atom stereocenters. The lowest BCUT2D eigenvalue weighted by atomic mass is 9.34. The maximum Gasteiger partial charge on any atom is 0.260 e. The van der Waals surface area contributed by atoms with E-state index in [0.29, 0.717) is 0 Å². The maximum atomic E-state index is 6.40. The predicted molar refractivity (Wildman–Crippen MR) is 177 cm³/mol. The summed E-state index contributed by atoms with van der Waals surface area (Å²) < 4.78 is 15.0. The molecule has 0 aliphatic carbocycles. The van der Waals surface area contributed by atoms with Gasteiger partial charge in [-0.25, -0.2) is 0 Å². The van der Waals surface area contributed by atoms with Crippen LogP contribution in [0, 0.1) is 6.92 Å². The highest BCUT2D eigenvalue weighted by Gasteiger charge is 2.39. The van der Waals surface area contributed by atoms with E-state index in [4.69, 9.17) is 9.47 Å². The molecular weight excluding hydrogens is 513 g/mol. The summed E-state index contributed by atoms with van der Waals surface area (Å²) in [6.07, 6.45) is 11.8. The lowest BCUT2D eigenvalue weighted by Gasteiger charge is -2.33. The molecule has 202 valence electrons. The van der Waals surface area contributed by atoms with Gasteiger partial charge in [0.15, 0.2) is 0 Å². The van der Waals surface area contributed by atoms with Crippen LogP contribution in [0.1, 0.15) is 18.2 Å². The van der Waals surface area contributed by atoms with Gasteiger partial charge in [-0.15, -0.1) is 0 Å². The van der Waals surface area contributed by atoms with E-state index in [1.54, 1.807) is 6.08 Å². The quantitative estimate of drug-likeness (QED) is 0.158. The van der Waals surface area contributed by atoms with Crippen molar-refractivity contribution in [1.82, 2.24) is 4.57 Å². The van der Waals surface area contributed by atoms with Crippen LogP contribution in [0.3, 0.4) is 0 Å². The molecule has 0 radical (unpaired) electrons. The van der Waals surface area contributed by atoms with Gasteiger partial charge in [0.2, 0.25) is 0 Å². The van der Waals surface area contributed by atoms with Crippen LogP contribution in [0.4, 0.5) is 0 Å². The van der Waals surface area contributed by atoms with Crippen molar-refractivity contribution >= 4 is 34.6 Å². The standard InChI is InChI=1S/C38H30BNO2/c1-5-7-12-30-25(3)40(34-15-10-9-13-31(30)34)29-21-18-27(19-22-29)28-20-23-35-33(24-28)39-32(14-8-6-2)26(4)41-36-16-11-17-37(42-35)38(36)39/h5-24H,1-2H2,3-4H3/b12-7-,14-8-. The smallest absolute Gasteiger partial charge is 0.260 e. The van der Waals surface area contributed by atoms with E-state index in [1.807, 2.05) is 43.4 Å². The largest absolute Gasteiger partial charge is 0.463 e. The second-order valence-electron chi connectivity index (χ2n) is 10.7. The highest BCUT2D eigenvalue weighted by atomic mass is 16.5. The van der Waals surface area contributed by atoms with Gasteiger partial charge in [0.05, 0.1) is 11.3 Å². The van der Waals surface area contributed by atoms with Crippen molar-refractivity contribution in [2.24, 2.45) is 0 Å². The summed E-state index contributed by atoms with van der Waals surface area (Å²) in [7, 11) is 0. The summed E-state index contributed by atoms with van der Waals surface area (Å²) in [6.45, 7) is 11.9. The summed E-state index contributed by atoms with van der Waals surface area (Å²) in [5, 5.41) is 1.23. The van der Waals surface area contributed by atoms with Crippen molar-refractivity contribution < 1.29 is 9.47 Å². The highest BCUT2D eigenvalue weighted by molar-refractivity contribution is 6.93. The zero-order chi connectivity index (χ0) is 28.8. The van der Waals surface area contributed by atoms with Crippen LogP contribution in [0.15, 0.2) is 140 Å². The van der Waals surface area contributed by atoms with Gasteiger partial charge in [0.25, 0.3) is 6.71 Å². The molecule has 0 fully saturated rings. The Kier molecular flexibility index (Phi) is 6.32. The second-order valence-corrected chi connectivity index (χ2v) is 10.7. The Morgan fingerprint density at radius 3 is 2.21 bits per heavy atom. The van der Waals surface area contributed by atoms with E-state index in [9.17, 15) is 0 Å². The van der Waals surface area contributed by atoms with E-state index in [2.05, 4.69) is 104 Å². The minimum Gasteiger partial charge on any atom is -0.463 e. The molecule has 0 saturated carbocycles. The third-order valence-electron chi connectivity index (χ3n) is 8.27. The van der Waals surface area contributed by atoms with Crippen molar-refractivity contribution in [2.45, 2.75) is 13.8 Å². The average molecular weight is 543 g/mol. The van der Waals surface area contributed by atoms with Crippen LogP contribution >= 0.6 is 0 Å². The summed E-state index contributed by atoms with van der Waals surface area (Å²) >= 11 is 0. The average Bonchev–Trinajstić information content (AvgIpc) is 3.30. The molecule has 5 aromatic rings.